The second kappa shape index (κ2) is 6.69. The molecule has 0 saturated carbocycles. The number of fused-ring (bicyclic) bond motifs is 1. The summed E-state index contributed by atoms with van der Waals surface area (Å²) in [5.74, 6) is -0.663. The van der Waals surface area contributed by atoms with E-state index in [1.165, 1.54) is 12.3 Å². The average molecular weight is 359 g/mol. The minimum absolute atomic E-state index is 0.0672. The first-order valence-corrected chi connectivity index (χ1v) is 8.38. The van der Waals surface area contributed by atoms with E-state index in [0.29, 0.717) is 16.7 Å². The summed E-state index contributed by atoms with van der Waals surface area (Å²) in [5.41, 5.74) is 0.960. The topological polar surface area (TPSA) is 74.5 Å². The van der Waals surface area contributed by atoms with Crippen LogP contribution in [0.4, 0.5) is 4.39 Å². The SMILES string of the molecule is CCC(CC)n1c(=O)[nH]c2ncc(Cl)c(-c3cccc(C#N)c3F)c21. The molecule has 0 aliphatic carbocycles. The first-order chi connectivity index (χ1) is 12.0. The van der Waals surface area contributed by atoms with E-state index in [9.17, 15) is 9.18 Å². The van der Waals surface area contributed by atoms with Gasteiger partial charge in [-0.2, -0.15) is 5.26 Å². The van der Waals surface area contributed by atoms with Gasteiger partial charge < -0.3 is 0 Å². The minimum atomic E-state index is -0.663. The van der Waals surface area contributed by atoms with Crippen LogP contribution in [0.2, 0.25) is 5.02 Å². The van der Waals surface area contributed by atoms with Gasteiger partial charge >= 0.3 is 5.69 Å². The van der Waals surface area contributed by atoms with Crippen molar-refractivity contribution in [2.24, 2.45) is 0 Å². The van der Waals surface area contributed by atoms with E-state index in [1.54, 1.807) is 16.7 Å². The molecule has 0 saturated heterocycles. The molecule has 2 heterocycles. The van der Waals surface area contributed by atoms with E-state index >= 15 is 0 Å². The number of pyridine rings is 1. The first-order valence-electron chi connectivity index (χ1n) is 8.01. The molecular weight excluding hydrogens is 343 g/mol. The molecule has 0 aliphatic rings. The number of aromatic nitrogens is 3. The summed E-state index contributed by atoms with van der Waals surface area (Å²) in [4.78, 5) is 19.4. The number of benzene rings is 1. The summed E-state index contributed by atoms with van der Waals surface area (Å²) in [7, 11) is 0. The number of hydrogen-bond acceptors (Lipinski definition) is 3. The molecule has 1 aromatic carbocycles. The number of imidazole rings is 1. The number of hydrogen-bond donors (Lipinski definition) is 1. The van der Waals surface area contributed by atoms with Crippen LogP contribution in [0.3, 0.4) is 0 Å². The molecule has 2 aromatic heterocycles. The van der Waals surface area contributed by atoms with Crippen molar-refractivity contribution in [3.63, 3.8) is 0 Å². The van der Waals surface area contributed by atoms with E-state index < -0.39 is 5.82 Å². The molecule has 25 heavy (non-hydrogen) atoms. The van der Waals surface area contributed by atoms with Crippen LogP contribution in [0.25, 0.3) is 22.3 Å². The van der Waals surface area contributed by atoms with E-state index in [1.807, 2.05) is 19.9 Å². The molecule has 1 N–H and O–H groups in total. The van der Waals surface area contributed by atoms with E-state index in [-0.39, 0.29) is 27.9 Å². The Labute approximate surface area is 148 Å². The van der Waals surface area contributed by atoms with Gasteiger partial charge in [0.05, 0.1) is 16.1 Å². The minimum Gasteiger partial charge on any atom is -0.290 e. The molecule has 0 amide bonds. The van der Waals surface area contributed by atoms with Crippen LogP contribution in [-0.2, 0) is 0 Å². The Bertz CT molecular complexity index is 1040. The zero-order chi connectivity index (χ0) is 18.1. The van der Waals surface area contributed by atoms with Crippen LogP contribution in [0.1, 0.15) is 38.3 Å². The van der Waals surface area contributed by atoms with E-state index in [0.717, 1.165) is 12.8 Å². The van der Waals surface area contributed by atoms with Crippen molar-refractivity contribution >= 4 is 22.8 Å². The number of nitrogens with one attached hydrogen (secondary N) is 1. The molecule has 0 aliphatic heterocycles. The smallest absolute Gasteiger partial charge is 0.290 e. The van der Waals surface area contributed by atoms with Gasteiger partial charge in [0.1, 0.15) is 11.9 Å². The summed E-state index contributed by atoms with van der Waals surface area (Å²) >= 11 is 6.34. The number of nitrogens with zero attached hydrogens (tertiary/aromatic N) is 3. The molecule has 128 valence electrons. The second-order valence-corrected chi connectivity index (χ2v) is 6.13. The summed E-state index contributed by atoms with van der Waals surface area (Å²) in [5, 5.41) is 9.32. The van der Waals surface area contributed by atoms with Crippen LogP contribution < -0.4 is 5.69 Å². The van der Waals surface area contributed by atoms with Gasteiger partial charge in [0.2, 0.25) is 0 Å². The lowest BCUT2D eigenvalue weighted by Gasteiger charge is -2.17. The number of halogens is 2. The third-order valence-electron chi connectivity index (χ3n) is 4.39. The maximum absolute atomic E-state index is 14.8. The van der Waals surface area contributed by atoms with Gasteiger partial charge in [-0.05, 0) is 18.9 Å². The van der Waals surface area contributed by atoms with Gasteiger partial charge in [0.25, 0.3) is 0 Å². The van der Waals surface area contributed by atoms with Crippen molar-refractivity contribution in [1.82, 2.24) is 14.5 Å². The van der Waals surface area contributed by atoms with Gasteiger partial charge in [-0.1, -0.05) is 37.6 Å². The molecule has 0 atom stereocenters. The van der Waals surface area contributed by atoms with Gasteiger partial charge in [0.15, 0.2) is 5.65 Å². The molecule has 0 bridgehead atoms. The number of nitriles is 1. The Balaban J connectivity index is 2.46. The summed E-state index contributed by atoms with van der Waals surface area (Å²) in [6, 6.07) is 6.30. The number of rotatable bonds is 4. The lowest BCUT2D eigenvalue weighted by molar-refractivity contribution is 0.471. The summed E-state index contributed by atoms with van der Waals surface area (Å²) in [6.45, 7) is 3.96. The van der Waals surface area contributed by atoms with E-state index in [2.05, 4.69) is 9.97 Å². The number of H-pyrrole nitrogens is 1. The second-order valence-electron chi connectivity index (χ2n) is 5.73. The average Bonchev–Trinajstić information content (AvgIpc) is 2.93. The fraction of sp³-hybridized carbons (Fsp3) is 0.278. The summed E-state index contributed by atoms with van der Waals surface area (Å²) < 4.78 is 16.4. The van der Waals surface area contributed by atoms with Crippen molar-refractivity contribution in [2.75, 3.05) is 0 Å². The standard InChI is InChI=1S/C18H16ClFN4O/c1-3-11(4-2)24-16-14(12-7-5-6-10(8-21)15(12)20)13(19)9-22-17(16)23-18(24)25/h5-7,9,11H,3-4H2,1-2H3,(H,22,23,25). The van der Waals surface area contributed by atoms with Crippen LogP contribution in [0.5, 0.6) is 0 Å². The van der Waals surface area contributed by atoms with Gasteiger partial charge in [-0.25, -0.2) is 14.2 Å². The van der Waals surface area contributed by atoms with Crippen LogP contribution in [-0.4, -0.2) is 14.5 Å². The lowest BCUT2D eigenvalue weighted by Crippen LogP contribution is -2.21. The normalized spacial score (nSPS) is 11.2. The first kappa shape index (κ1) is 17.2. The molecule has 7 heteroatoms. The molecule has 0 radical (unpaired) electrons. The molecule has 3 rings (SSSR count). The van der Waals surface area contributed by atoms with Crippen molar-refractivity contribution in [2.45, 2.75) is 32.7 Å². The zero-order valence-corrected chi connectivity index (χ0v) is 14.6. The van der Waals surface area contributed by atoms with Gasteiger partial charge in [-0.15, -0.1) is 0 Å². The highest BCUT2D eigenvalue weighted by atomic mass is 35.5. The van der Waals surface area contributed by atoms with Crippen molar-refractivity contribution in [1.29, 1.82) is 5.26 Å². The maximum atomic E-state index is 14.8. The Hall–Kier alpha value is -2.65. The fourth-order valence-electron chi connectivity index (χ4n) is 3.14. The zero-order valence-electron chi connectivity index (χ0n) is 13.8. The largest absolute Gasteiger partial charge is 0.327 e. The third-order valence-corrected chi connectivity index (χ3v) is 4.67. The maximum Gasteiger partial charge on any atom is 0.327 e. The Morgan fingerprint density at radius 3 is 2.76 bits per heavy atom. The van der Waals surface area contributed by atoms with Crippen molar-refractivity contribution < 1.29 is 4.39 Å². The van der Waals surface area contributed by atoms with Crippen LogP contribution in [0.15, 0.2) is 29.2 Å². The van der Waals surface area contributed by atoms with Gasteiger partial charge in [-0.3, -0.25) is 9.55 Å². The highest BCUT2D eigenvalue weighted by Gasteiger charge is 2.23. The van der Waals surface area contributed by atoms with Crippen LogP contribution in [0, 0.1) is 17.1 Å². The monoisotopic (exact) mass is 358 g/mol. The van der Waals surface area contributed by atoms with Crippen molar-refractivity contribution in [3.05, 3.63) is 51.3 Å². The predicted molar refractivity (Wildman–Crippen MR) is 95.1 cm³/mol. The van der Waals surface area contributed by atoms with Crippen LogP contribution >= 0.6 is 11.6 Å². The molecule has 0 unspecified atom stereocenters. The van der Waals surface area contributed by atoms with Crippen molar-refractivity contribution in [3.8, 4) is 17.2 Å². The highest BCUT2D eigenvalue weighted by Crippen LogP contribution is 2.37. The lowest BCUT2D eigenvalue weighted by atomic mass is 10.0. The highest BCUT2D eigenvalue weighted by molar-refractivity contribution is 6.34. The number of aromatic amines is 1. The van der Waals surface area contributed by atoms with Gasteiger partial charge in [0, 0.05) is 23.4 Å². The third kappa shape index (κ3) is 2.71. The molecule has 5 nitrogen and oxygen atoms in total. The molecule has 0 fully saturated rings. The molecule has 0 spiro atoms. The molecular formula is C18H16ClFN4O. The predicted octanol–water partition coefficient (Wildman–Crippen LogP) is 4.42. The summed E-state index contributed by atoms with van der Waals surface area (Å²) in [6.07, 6.45) is 2.84. The Morgan fingerprint density at radius 1 is 1.40 bits per heavy atom. The molecule has 3 aromatic rings. The van der Waals surface area contributed by atoms with E-state index in [4.69, 9.17) is 16.9 Å². The fourth-order valence-corrected chi connectivity index (χ4v) is 3.38. The Morgan fingerprint density at radius 2 is 2.12 bits per heavy atom. The Kier molecular flexibility index (Phi) is 4.60. The quantitative estimate of drug-likeness (QED) is 0.750.